The van der Waals surface area contributed by atoms with Crippen molar-refractivity contribution in [2.24, 2.45) is 5.92 Å². The summed E-state index contributed by atoms with van der Waals surface area (Å²) in [4.78, 5) is 0. The van der Waals surface area contributed by atoms with Gasteiger partial charge in [0.2, 0.25) is 0 Å². The van der Waals surface area contributed by atoms with Crippen molar-refractivity contribution in [2.75, 3.05) is 6.54 Å². The Labute approximate surface area is 100 Å². The Balaban J connectivity index is 3.18. The second-order valence-electron chi connectivity index (χ2n) is 5.09. The lowest BCUT2D eigenvalue weighted by atomic mass is 9.88. The third-order valence-corrected chi connectivity index (χ3v) is 3.14. The molecule has 0 spiro atoms. The van der Waals surface area contributed by atoms with E-state index in [0.717, 1.165) is 6.54 Å². The Morgan fingerprint density at radius 2 is 1.56 bits per heavy atom. The standard InChI is InChI=1S/C15H25N/c1-7-16-15(10(2)3)14-12(5)8-11(4)9-13(14)6/h8-10,15-16H,7H2,1-6H3. The van der Waals surface area contributed by atoms with E-state index in [1.165, 1.54) is 22.3 Å². The van der Waals surface area contributed by atoms with Crippen molar-refractivity contribution in [1.29, 1.82) is 0 Å². The maximum Gasteiger partial charge on any atom is 0.0348 e. The molecule has 1 heteroatoms. The molecule has 90 valence electrons. The summed E-state index contributed by atoms with van der Waals surface area (Å²) in [5, 5.41) is 3.60. The molecule has 1 aromatic carbocycles. The van der Waals surface area contributed by atoms with E-state index >= 15 is 0 Å². The van der Waals surface area contributed by atoms with Crippen molar-refractivity contribution in [3.05, 3.63) is 34.4 Å². The summed E-state index contributed by atoms with van der Waals surface area (Å²) in [6.45, 7) is 14.4. The van der Waals surface area contributed by atoms with Gasteiger partial charge in [0.1, 0.15) is 0 Å². The molecule has 1 N–H and O–H groups in total. The highest BCUT2D eigenvalue weighted by Gasteiger charge is 2.18. The molecule has 1 rings (SSSR count). The molecule has 0 aliphatic heterocycles. The fourth-order valence-corrected chi connectivity index (χ4v) is 2.57. The van der Waals surface area contributed by atoms with Crippen LogP contribution >= 0.6 is 0 Å². The molecule has 0 aliphatic rings. The number of hydrogen-bond donors (Lipinski definition) is 1. The molecule has 0 saturated heterocycles. The molecule has 1 nitrogen and oxygen atoms in total. The molecular formula is C15H25N. The minimum Gasteiger partial charge on any atom is -0.310 e. The summed E-state index contributed by atoms with van der Waals surface area (Å²) in [6, 6.07) is 5.05. The average Bonchev–Trinajstić information content (AvgIpc) is 2.14. The molecule has 0 bridgehead atoms. The highest BCUT2D eigenvalue weighted by atomic mass is 14.9. The number of nitrogens with one attached hydrogen (secondary N) is 1. The number of aryl methyl sites for hydroxylation is 3. The zero-order valence-electron chi connectivity index (χ0n) is 11.5. The van der Waals surface area contributed by atoms with Crippen molar-refractivity contribution >= 4 is 0 Å². The number of rotatable bonds is 4. The minimum absolute atomic E-state index is 0.477. The molecule has 0 radical (unpaired) electrons. The van der Waals surface area contributed by atoms with Crippen molar-refractivity contribution in [1.82, 2.24) is 5.32 Å². The highest BCUT2D eigenvalue weighted by Crippen LogP contribution is 2.28. The van der Waals surface area contributed by atoms with Gasteiger partial charge in [-0.1, -0.05) is 38.5 Å². The summed E-state index contributed by atoms with van der Waals surface area (Å²) in [5.41, 5.74) is 5.68. The molecule has 0 saturated carbocycles. The Hall–Kier alpha value is -0.820. The van der Waals surface area contributed by atoms with Crippen LogP contribution in [-0.4, -0.2) is 6.54 Å². The van der Waals surface area contributed by atoms with Gasteiger partial charge in [0.15, 0.2) is 0 Å². The molecule has 1 unspecified atom stereocenters. The van der Waals surface area contributed by atoms with Gasteiger partial charge < -0.3 is 5.32 Å². The van der Waals surface area contributed by atoms with E-state index in [9.17, 15) is 0 Å². The quantitative estimate of drug-likeness (QED) is 0.809. The lowest BCUT2D eigenvalue weighted by Gasteiger charge is -2.26. The van der Waals surface area contributed by atoms with Gasteiger partial charge in [-0.25, -0.2) is 0 Å². The van der Waals surface area contributed by atoms with Gasteiger partial charge in [0.05, 0.1) is 0 Å². The molecule has 1 aromatic rings. The van der Waals surface area contributed by atoms with Gasteiger partial charge >= 0.3 is 0 Å². The van der Waals surface area contributed by atoms with Crippen LogP contribution in [0.15, 0.2) is 12.1 Å². The predicted molar refractivity (Wildman–Crippen MR) is 71.9 cm³/mol. The molecule has 16 heavy (non-hydrogen) atoms. The minimum atomic E-state index is 0.477. The van der Waals surface area contributed by atoms with Gasteiger partial charge in [0.25, 0.3) is 0 Å². The van der Waals surface area contributed by atoms with Crippen LogP contribution in [0.3, 0.4) is 0 Å². The van der Waals surface area contributed by atoms with Crippen LogP contribution in [0.4, 0.5) is 0 Å². The Morgan fingerprint density at radius 1 is 1.06 bits per heavy atom. The molecule has 1 atom stereocenters. The number of benzene rings is 1. The highest BCUT2D eigenvalue weighted by molar-refractivity contribution is 5.39. The van der Waals surface area contributed by atoms with Crippen LogP contribution in [0.1, 0.15) is 49.1 Å². The lowest BCUT2D eigenvalue weighted by molar-refractivity contribution is 0.418. The SMILES string of the molecule is CCNC(c1c(C)cc(C)cc1C)C(C)C. The monoisotopic (exact) mass is 219 g/mol. The van der Waals surface area contributed by atoms with Crippen LogP contribution < -0.4 is 5.32 Å². The summed E-state index contributed by atoms with van der Waals surface area (Å²) >= 11 is 0. The van der Waals surface area contributed by atoms with E-state index in [-0.39, 0.29) is 0 Å². The van der Waals surface area contributed by atoms with E-state index in [1.54, 1.807) is 0 Å². The topological polar surface area (TPSA) is 12.0 Å². The third kappa shape index (κ3) is 2.85. The second-order valence-corrected chi connectivity index (χ2v) is 5.09. The number of hydrogen-bond acceptors (Lipinski definition) is 1. The molecule has 0 aliphatic carbocycles. The van der Waals surface area contributed by atoms with E-state index in [0.29, 0.717) is 12.0 Å². The third-order valence-electron chi connectivity index (χ3n) is 3.14. The Morgan fingerprint density at radius 3 is 1.94 bits per heavy atom. The van der Waals surface area contributed by atoms with Crippen molar-refractivity contribution in [2.45, 2.75) is 47.6 Å². The first-order valence-corrected chi connectivity index (χ1v) is 6.28. The maximum absolute atomic E-state index is 3.60. The first kappa shape index (κ1) is 13.2. The maximum atomic E-state index is 3.60. The fraction of sp³-hybridized carbons (Fsp3) is 0.600. The summed E-state index contributed by atoms with van der Waals surface area (Å²) in [6.07, 6.45) is 0. The molecule has 0 amide bonds. The van der Waals surface area contributed by atoms with Gasteiger partial charge in [0, 0.05) is 6.04 Å². The van der Waals surface area contributed by atoms with E-state index < -0.39 is 0 Å². The zero-order chi connectivity index (χ0) is 12.3. The van der Waals surface area contributed by atoms with Crippen LogP contribution in [-0.2, 0) is 0 Å². The largest absolute Gasteiger partial charge is 0.310 e. The summed E-state index contributed by atoms with van der Waals surface area (Å²) < 4.78 is 0. The normalized spacial score (nSPS) is 13.2. The lowest BCUT2D eigenvalue weighted by Crippen LogP contribution is -2.27. The van der Waals surface area contributed by atoms with Crippen molar-refractivity contribution in [3.63, 3.8) is 0 Å². The molecular weight excluding hydrogens is 194 g/mol. The first-order valence-electron chi connectivity index (χ1n) is 6.28. The van der Waals surface area contributed by atoms with Gasteiger partial charge in [-0.15, -0.1) is 0 Å². The van der Waals surface area contributed by atoms with Crippen LogP contribution in [0.5, 0.6) is 0 Å². The van der Waals surface area contributed by atoms with Crippen LogP contribution in [0.2, 0.25) is 0 Å². The van der Waals surface area contributed by atoms with E-state index in [4.69, 9.17) is 0 Å². The second kappa shape index (κ2) is 5.49. The van der Waals surface area contributed by atoms with Crippen LogP contribution in [0, 0.1) is 26.7 Å². The average molecular weight is 219 g/mol. The van der Waals surface area contributed by atoms with Crippen molar-refractivity contribution < 1.29 is 0 Å². The predicted octanol–water partition coefficient (Wildman–Crippen LogP) is 3.92. The summed E-state index contributed by atoms with van der Waals surface area (Å²) in [7, 11) is 0. The smallest absolute Gasteiger partial charge is 0.0348 e. The first-order chi connectivity index (χ1) is 7.47. The van der Waals surface area contributed by atoms with Crippen LogP contribution in [0.25, 0.3) is 0 Å². The van der Waals surface area contributed by atoms with E-state index in [1.807, 2.05) is 0 Å². The van der Waals surface area contributed by atoms with Gasteiger partial charge in [-0.3, -0.25) is 0 Å². The zero-order valence-corrected chi connectivity index (χ0v) is 11.5. The Kier molecular flexibility index (Phi) is 4.55. The van der Waals surface area contributed by atoms with Gasteiger partial charge in [-0.2, -0.15) is 0 Å². The fourth-order valence-electron chi connectivity index (χ4n) is 2.57. The summed E-state index contributed by atoms with van der Waals surface area (Å²) in [5.74, 6) is 0.625. The molecule has 0 fully saturated rings. The van der Waals surface area contributed by atoms with E-state index in [2.05, 4.69) is 59.0 Å². The Bertz CT molecular complexity index is 329. The molecule has 0 aromatic heterocycles. The molecule has 0 heterocycles. The van der Waals surface area contributed by atoms with Gasteiger partial charge in [-0.05, 0) is 49.9 Å². The van der Waals surface area contributed by atoms with Crippen molar-refractivity contribution in [3.8, 4) is 0 Å².